The van der Waals surface area contributed by atoms with Gasteiger partial charge in [0, 0.05) is 16.1 Å². The number of hydrogen-bond donors (Lipinski definition) is 3. The average molecular weight is 393 g/mol. The topological polar surface area (TPSA) is 90.8 Å². The van der Waals surface area contributed by atoms with Gasteiger partial charge in [0.15, 0.2) is 0 Å². The summed E-state index contributed by atoms with van der Waals surface area (Å²) >= 11 is 1.55. The van der Waals surface area contributed by atoms with Crippen molar-refractivity contribution in [3.8, 4) is 5.75 Å². The minimum Gasteiger partial charge on any atom is -0.508 e. The maximum absolute atomic E-state index is 12.1. The van der Waals surface area contributed by atoms with Crippen LogP contribution in [0.3, 0.4) is 0 Å². The predicted octanol–water partition coefficient (Wildman–Crippen LogP) is 3.79. The summed E-state index contributed by atoms with van der Waals surface area (Å²) in [4.78, 5) is 25.1. The molecule has 3 aromatic rings. The third-order valence-corrected chi connectivity index (χ3v) is 4.83. The number of nitrogens with zero attached hydrogens (tertiary/aromatic N) is 1. The van der Waals surface area contributed by atoms with Crippen molar-refractivity contribution in [2.24, 2.45) is 5.10 Å². The van der Waals surface area contributed by atoms with E-state index in [0.29, 0.717) is 23.4 Å². The molecule has 0 unspecified atom stereocenters. The molecule has 7 heteroatoms. The first kappa shape index (κ1) is 19.3. The molecule has 0 saturated carbocycles. The zero-order valence-electron chi connectivity index (χ0n) is 15.2. The summed E-state index contributed by atoms with van der Waals surface area (Å²) in [6, 6.07) is 17.0. The van der Waals surface area contributed by atoms with E-state index in [1.807, 2.05) is 29.6 Å². The van der Waals surface area contributed by atoms with E-state index in [4.69, 9.17) is 0 Å². The summed E-state index contributed by atoms with van der Waals surface area (Å²) < 4.78 is 0. The summed E-state index contributed by atoms with van der Waals surface area (Å²) in [7, 11) is 0. The lowest BCUT2D eigenvalue weighted by atomic mass is 10.1. The van der Waals surface area contributed by atoms with Crippen molar-refractivity contribution in [1.82, 2.24) is 5.43 Å². The molecule has 0 atom stereocenters. The third kappa shape index (κ3) is 5.28. The van der Waals surface area contributed by atoms with Crippen molar-refractivity contribution in [3.05, 3.63) is 82.0 Å². The normalized spacial score (nSPS) is 11.1. The van der Waals surface area contributed by atoms with E-state index in [9.17, 15) is 14.7 Å². The Labute approximate surface area is 166 Å². The van der Waals surface area contributed by atoms with Crippen LogP contribution in [0.4, 0.5) is 5.69 Å². The molecule has 3 N–H and O–H groups in total. The molecular formula is C21H19N3O3S. The molecular weight excluding hydrogens is 374 g/mol. The smallest absolute Gasteiger partial charge is 0.271 e. The third-order valence-electron chi connectivity index (χ3n) is 3.96. The first-order valence-corrected chi connectivity index (χ1v) is 9.45. The molecule has 0 aliphatic carbocycles. The molecule has 2 aromatic carbocycles. The van der Waals surface area contributed by atoms with Gasteiger partial charge in [-0.05, 0) is 60.3 Å². The first-order valence-electron chi connectivity index (χ1n) is 8.57. The SMILES string of the molecule is C/C(=N\NC(=O)c1ccc(O)cc1)c1ccc(NC(=O)Cc2cccs2)cc1. The van der Waals surface area contributed by atoms with Crippen molar-refractivity contribution in [2.45, 2.75) is 13.3 Å². The maximum Gasteiger partial charge on any atom is 0.271 e. The molecule has 1 heterocycles. The van der Waals surface area contributed by atoms with Crippen molar-refractivity contribution in [1.29, 1.82) is 0 Å². The Morgan fingerprint density at radius 2 is 1.68 bits per heavy atom. The van der Waals surface area contributed by atoms with Gasteiger partial charge in [-0.3, -0.25) is 9.59 Å². The van der Waals surface area contributed by atoms with E-state index < -0.39 is 0 Å². The summed E-state index contributed by atoms with van der Waals surface area (Å²) in [5.74, 6) is -0.336. The Hall–Kier alpha value is -3.45. The number of amides is 2. The Bertz CT molecular complexity index is 979. The number of benzene rings is 2. The van der Waals surface area contributed by atoms with E-state index in [2.05, 4.69) is 15.8 Å². The largest absolute Gasteiger partial charge is 0.508 e. The van der Waals surface area contributed by atoms with Crippen LogP contribution in [0.5, 0.6) is 5.75 Å². The Morgan fingerprint density at radius 1 is 1.00 bits per heavy atom. The molecule has 0 aliphatic rings. The molecule has 2 amide bonds. The second-order valence-corrected chi connectivity index (χ2v) is 7.10. The maximum atomic E-state index is 12.1. The highest BCUT2D eigenvalue weighted by Gasteiger charge is 2.07. The highest BCUT2D eigenvalue weighted by Crippen LogP contribution is 2.14. The number of hydrazone groups is 1. The van der Waals surface area contributed by atoms with Crippen LogP contribution in [-0.4, -0.2) is 22.6 Å². The summed E-state index contributed by atoms with van der Waals surface area (Å²) in [6.45, 7) is 1.78. The predicted molar refractivity (Wildman–Crippen MR) is 111 cm³/mol. The van der Waals surface area contributed by atoms with Crippen LogP contribution in [0, 0.1) is 0 Å². The van der Waals surface area contributed by atoms with Crippen molar-refractivity contribution in [2.75, 3.05) is 5.32 Å². The summed E-state index contributed by atoms with van der Waals surface area (Å²) in [5, 5.41) is 18.2. The van der Waals surface area contributed by atoms with E-state index in [1.165, 1.54) is 24.3 Å². The Kier molecular flexibility index (Phi) is 6.18. The number of carbonyl (C=O) groups excluding carboxylic acids is 2. The number of rotatable bonds is 6. The number of phenolic OH excluding ortho intramolecular Hbond substituents is 1. The van der Waals surface area contributed by atoms with Gasteiger partial charge in [0.25, 0.3) is 5.91 Å². The van der Waals surface area contributed by atoms with E-state index >= 15 is 0 Å². The number of anilines is 1. The van der Waals surface area contributed by atoms with Gasteiger partial charge >= 0.3 is 0 Å². The van der Waals surface area contributed by atoms with E-state index in [1.54, 1.807) is 30.4 Å². The van der Waals surface area contributed by atoms with Gasteiger partial charge in [-0.15, -0.1) is 11.3 Å². The molecule has 28 heavy (non-hydrogen) atoms. The number of thiophene rings is 1. The van der Waals surface area contributed by atoms with Crippen molar-refractivity contribution in [3.63, 3.8) is 0 Å². The highest BCUT2D eigenvalue weighted by atomic mass is 32.1. The van der Waals surface area contributed by atoms with Gasteiger partial charge in [-0.2, -0.15) is 5.10 Å². The molecule has 142 valence electrons. The summed E-state index contributed by atoms with van der Waals surface area (Å²) in [5.41, 5.74) is 5.04. The number of aromatic hydroxyl groups is 1. The fourth-order valence-corrected chi connectivity index (χ4v) is 3.15. The molecule has 0 saturated heterocycles. The van der Waals surface area contributed by atoms with Crippen LogP contribution < -0.4 is 10.7 Å². The molecule has 0 radical (unpaired) electrons. The van der Waals surface area contributed by atoms with Crippen LogP contribution in [0.25, 0.3) is 0 Å². The number of nitrogens with one attached hydrogen (secondary N) is 2. The molecule has 0 fully saturated rings. The fourth-order valence-electron chi connectivity index (χ4n) is 2.45. The van der Waals surface area contributed by atoms with Gasteiger partial charge in [-0.1, -0.05) is 18.2 Å². The molecule has 0 aliphatic heterocycles. The van der Waals surface area contributed by atoms with E-state index in [0.717, 1.165) is 10.4 Å². The van der Waals surface area contributed by atoms with Gasteiger partial charge in [-0.25, -0.2) is 5.43 Å². The van der Waals surface area contributed by atoms with Gasteiger partial charge in [0.05, 0.1) is 12.1 Å². The van der Waals surface area contributed by atoms with Gasteiger partial charge in [0.1, 0.15) is 5.75 Å². The molecule has 3 rings (SSSR count). The van der Waals surface area contributed by atoms with Crippen molar-refractivity contribution < 1.29 is 14.7 Å². The zero-order chi connectivity index (χ0) is 19.9. The van der Waals surface area contributed by atoms with Crippen LogP contribution >= 0.6 is 11.3 Å². The fraction of sp³-hybridized carbons (Fsp3) is 0.0952. The standard InChI is InChI=1S/C21H19N3O3S/c1-14(23-24-21(27)16-6-10-18(25)11-7-16)15-4-8-17(9-5-15)22-20(26)13-19-3-2-12-28-19/h2-12,25H,13H2,1H3,(H,22,26)(H,24,27)/b23-14+. The lowest BCUT2D eigenvalue weighted by Crippen LogP contribution is -2.19. The van der Waals surface area contributed by atoms with Crippen LogP contribution in [0.2, 0.25) is 0 Å². The van der Waals surface area contributed by atoms with Crippen LogP contribution in [0.15, 0.2) is 71.1 Å². The minimum atomic E-state index is -0.364. The summed E-state index contributed by atoms with van der Waals surface area (Å²) in [6.07, 6.45) is 0.350. The molecule has 0 spiro atoms. The lowest BCUT2D eigenvalue weighted by Gasteiger charge is -2.07. The number of carbonyl (C=O) groups is 2. The van der Waals surface area contributed by atoms with Gasteiger partial charge < -0.3 is 10.4 Å². The Morgan fingerprint density at radius 3 is 2.32 bits per heavy atom. The molecule has 1 aromatic heterocycles. The second-order valence-electron chi connectivity index (χ2n) is 6.07. The first-order chi connectivity index (χ1) is 13.5. The quantitative estimate of drug-likeness (QED) is 0.440. The van der Waals surface area contributed by atoms with Crippen LogP contribution in [0.1, 0.15) is 27.7 Å². The lowest BCUT2D eigenvalue weighted by molar-refractivity contribution is -0.115. The minimum absolute atomic E-state index is 0.0678. The second kappa shape index (κ2) is 8.96. The number of hydrogen-bond acceptors (Lipinski definition) is 5. The molecule has 6 nitrogen and oxygen atoms in total. The Balaban J connectivity index is 1.57. The van der Waals surface area contributed by atoms with Gasteiger partial charge in [0.2, 0.25) is 5.91 Å². The van der Waals surface area contributed by atoms with Crippen LogP contribution in [-0.2, 0) is 11.2 Å². The average Bonchev–Trinajstić information content (AvgIpc) is 3.20. The highest BCUT2D eigenvalue weighted by molar-refractivity contribution is 7.10. The monoisotopic (exact) mass is 393 g/mol. The number of phenols is 1. The van der Waals surface area contributed by atoms with E-state index in [-0.39, 0.29) is 17.6 Å². The zero-order valence-corrected chi connectivity index (χ0v) is 16.0. The van der Waals surface area contributed by atoms with Crippen molar-refractivity contribution >= 4 is 34.6 Å². The molecule has 0 bridgehead atoms.